The van der Waals surface area contributed by atoms with Crippen molar-refractivity contribution in [1.29, 1.82) is 0 Å². The zero-order chi connectivity index (χ0) is 12.6. The first kappa shape index (κ1) is 12.1. The summed E-state index contributed by atoms with van der Waals surface area (Å²) in [5.41, 5.74) is 0.901. The lowest BCUT2D eigenvalue weighted by atomic mass is 10.1. The van der Waals surface area contributed by atoms with E-state index in [-0.39, 0.29) is 6.42 Å². The molecule has 2 aromatic rings. The zero-order valence-electron chi connectivity index (χ0n) is 9.10. The Morgan fingerprint density at radius 2 is 2.06 bits per heavy atom. The van der Waals surface area contributed by atoms with Crippen LogP contribution in [0.25, 0.3) is 11.0 Å². The molecule has 1 heterocycles. The molecule has 1 N–H and O–H groups in total. The van der Waals surface area contributed by atoms with Gasteiger partial charge in [-0.1, -0.05) is 0 Å². The van der Waals surface area contributed by atoms with Gasteiger partial charge in [-0.2, -0.15) is 8.42 Å². The monoisotopic (exact) mass is 258 g/mol. The average molecular weight is 258 g/mol. The summed E-state index contributed by atoms with van der Waals surface area (Å²) in [4.78, 5) is 0. The van der Waals surface area contributed by atoms with Crippen LogP contribution < -0.4 is 0 Å². The minimum Gasteiger partial charge on any atom is -0.461 e. The molecule has 0 saturated heterocycles. The molecule has 0 fully saturated rings. The molecule has 0 bridgehead atoms. The number of rotatable bonds is 3. The molecule has 4 nitrogen and oxygen atoms in total. The quantitative estimate of drug-likeness (QED) is 0.858. The smallest absolute Gasteiger partial charge is 0.265 e. The molecule has 17 heavy (non-hydrogen) atoms. The Morgan fingerprint density at radius 1 is 1.35 bits per heavy atom. The van der Waals surface area contributed by atoms with Crippen molar-refractivity contribution >= 4 is 21.1 Å². The van der Waals surface area contributed by atoms with Gasteiger partial charge in [-0.05, 0) is 37.1 Å². The number of hydrogen-bond donors (Lipinski definition) is 1. The van der Waals surface area contributed by atoms with Crippen LogP contribution in [0.15, 0.2) is 22.6 Å². The van der Waals surface area contributed by atoms with Gasteiger partial charge in [0.25, 0.3) is 10.1 Å². The summed E-state index contributed by atoms with van der Waals surface area (Å²) in [6.07, 6.45) is 0.0139. The topological polar surface area (TPSA) is 67.5 Å². The highest BCUT2D eigenvalue weighted by Crippen LogP contribution is 2.24. The predicted octanol–water partition coefficient (Wildman–Crippen LogP) is 2.31. The van der Waals surface area contributed by atoms with Crippen LogP contribution in [0.5, 0.6) is 0 Å². The number of hydrogen-bond acceptors (Lipinski definition) is 3. The van der Waals surface area contributed by atoms with E-state index in [1.165, 1.54) is 12.1 Å². The van der Waals surface area contributed by atoms with Gasteiger partial charge in [0, 0.05) is 5.39 Å². The first-order valence-electron chi connectivity index (χ1n) is 4.99. The minimum absolute atomic E-state index is 0.0139. The first-order valence-corrected chi connectivity index (χ1v) is 6.60. The molecule has 0 spiro atoms. The van der Waals surface area contributed by atoms with Crippen LogP contribution in [0.1, 0.15) is 11.3 Å². The fourth-order valence-corrected chi connectivity index (χ4v) is 2.22. The number of aryl methyl sites for hydroxylation is 2. The third kappa shape index (κ3) is 2.83. The lowest BCUT2D eigenvalue weighted by molar-refractivity contribution is 0.482. The summed E-state index contributed by atoms with van der Waals surface area (Å²) in [6, 6.07) is 4.22. The Bertz CT molecular complexity index is 657. The van der Waals surface area contributed by atoms with Gasteiger partial charge >= 0.3 is 0 Å². The fraction of sp³-hybridized carbons (Fsp3) is 0.273. The second-order valence-electron chi connectivity index (χ2n) is 3.88. The van der Waals surface area contributed by atoms with Crippen molar-refractivity contribution in [2.24, 2.45) is 0 Å². The van der Waals surface area contributed by atoms with Crippen molar-refractivity contribution in [3.8, 4) is 0 Å². The maximum atomic E-state index is 13.3. The van der Waals surface area contributed by atoms with Gasteiger partial charge in [0.1, 0.15) is 17.2 Å². The van der Waals surface area contributed by atoms with Crippen LogP contribution in [0.4, 0.5) is 4.39 Å². The molecule has 0 radical (unpaired) electrons. The maximum absolute atomic E-state index is 13.3. The van der Waals surface area contributed by atoms with Gasteiger partial charge in [0.15, 0.2) is 0 Å². The standard InChI is InChI=1S/C11H11FO4S/c1-7-4-9-6-10(12)5-8(11(9)16-7)2-3-17(13,14)15/h4-6H,2-3H2,1H3,(H,13,14,15). The number of benzene rings is 1. The van der Waals surface area contributed by atoms with E-state index in [2.05, 4.69) is 0 Å². The van der Waals surface area contributed by atoms with Gasteiger partial charge in [-0.15, -0.1) is 0 Å². The fourth-order valence-electron chi connectivity index (χ4n) is 1.74. The average Bonchev–Trinajstić information content (AvgIpc) is 2.53. The SMILES string of the molecule is Cc1cc2cc(F)cc(CCS(=O)(=O)O)c2o1. The molecule has 2 rings (SSSR count). The van der Waals surface area contributed by atoms with Crippen molar-refractivity contribution < 1.29 is 21.8 Å². The minimum atomic E-state index is -4.06. The Balaban J connectivity index is 2.45. The van der Waals surface area contributed by atoms with E-state index in [0.29, 0.717) is 22.3 Å². The summed E-state index contributed by atoms with van der Waals surface area (Å²) in [6.45, 7) is 1.73. The van der Waals surface area contributed by atoms with Crippen LogP contribution in [0.3, 0.4) is 0 Å². The van der Waals surface area contributed by atoms with Crippen molar-refractivity contribution in [3.05, 3.63) is 35.3 Å². The summed E-state index contributed by atoms with van der Waals surface area (Å²) < 4.78 is 48.6. The van der Waals surface area contributed by atoms with Crippen LogP contribution >= 0.6 is 0 Å². The molecular formula is C11H11FO4S. The van der Waals surface area contributed by atoms with E-state index in [1.807, 2.05) is 0 Å². The molecule has 0 aliphatic carbocycles. The molecule has 0 amide bonds. The summed E-state index contributed by atoms with van der Waals surface area (Å²) in [5.74, 6) is -0.284. The summed E-state index contributed by atoms with van der Waals surface area (Å²) in [7, 11) is -4.06. The third-order valence-electron chi connectivity index (χ3n) is 2.41. The predicted molar refractivity (Wildman–Crippen MR) is 61.0 cm³/mol. The first-order chi connectivity index (χ1) is 7.85. The van der Waals surface area contributed by atoms with E-state index in [9.17, 15) is 12.8 Å². The van der Waals surface area contributed by atoms with Crippen molar-refractivity contribution in [2.45, 2.75) is 13.3 Å². The Morgan fingerprint density at radius 3 is 2.71 bits per heavy atom. The Kier molecular flexibility index (Phi) is 2.92. The van der Waals surface area contributed by atoms with Gasteiger partial charge in [0.2, 0.25) is 0 Å². The Labute approximate surface area is 97.8 Å². The summed E-state index contributed by atoms with van der Waals surface area (Å²) in [5, 5.41) is 0.591. The maximum Gasteiger partial charge on any atom is 0.265 e. The molecule has 0 aliphatic heterocycles. The van der Waals surface area contributed by atoms with Gasteiger partial charge in [-0.3, -0.25) is 4.55 Å². The van der Waals surface area contributed by atoms with E-state index in [0.717, 1.165) is 0 Å². The second kappa shape index (κ2) is 4.12. The van der Waals surface area contributed by atoms with E-state index in [4.69, 9.17) is 8.97 Å². The number of furan rings is 1. The molecule has 92 valence electrons. The van der Waals surface area contributed by atoms with Crippen LogP contribution in [-0.2, 0) is 16.5 Å². The van der Waals surface area contributed by atoms with Crippen LogP contribution in [0.2, 0.25) is 0 Å². The lowest BCUT2D eigenvalue weighted by Crippen LogP contribution is -2.06. The normalized spacial score (nSPS) is 12.2. The molecular weight excluding hydrogens is 247 g/mol. The molecule has 1 aromatic carbocycles. The highest BCUT2D eigenvalue weighted by atomic mass is 32.2. The van der Waals surface area contributed by atoms with Gasteiger partial charge in [0.05, 0.1) is 5.75 Å². The lowest BCUT2D eigenvalue weighted by Gasteiger charge is -2.01. The van der Waals surface area contributed by atoms with Crippen molar-refractivity contribution in [3.63, 3.8) is 0 Å². The second-order valence-corrected chi connectivity index (χ2v) is 5.45. The van der Waals surface area contributed by atoms with Gasteiger partial charge in [-0.25, -0.2) is 4.39 Å². The highest BCUT2D eigenvalue weighted by Gasteiger charge is 2.12. The highest BCUT2D eigenvalue weighted by molar-refractivity contribution is 7.85. The molecule has 0 atom stereocenters. The summed E-state index contributed by atoms with van der Waals surface area (Å²) >= 11 is 0. The molecule has 0 saturated carbocycles. The van der Waals surface area contributed by atoms with Crippen LogP contribution in [0, 0.1) is 12.7 Å². The zero-order valence-corrected chi connectivity index (χ0v) is 9.92. The molecule has 0 aliphatic rings. The number of halogens is 1. The van der Waals surface area contributed by atoms with E-state index in [1.54, 1.807) is 13.0 Å². The van der Waals surface area contributed by atoms with E-state index < -0.39 is 21.7 Å². The van der Waals surface area contributed by atoms with Crippen LogP contribution in [-0.4, -0.2) is 18.7 Å². The molecule has 0 unspecified atom stereocenters. The van der Waals surface area contributed by atoms with Gasteiger partial charge < -0.3 is 4.42 Å². The largest absolute Gasteiger partial charge is 0.461 e. The van der Waals surface area contributed by atoms with Crippen molar-refractivity contribution in [1.82, 2.24) is 0 Å². The number of fused-ring (bicyclic) bond motifs is 1. The van der Waals surface area contributed by atoms with Crippen molar-refractivity contribution in [2.75, 3.05) is 5.75 Å². The molecule has 1 aromatic heterocycles. The van der Waals surface area contributed by atoms with E-state index >= 15 is 0 Å². The third-order valence-corrected chi connectivity index (χ3v) is 3.13. The Hall–Kier alpha value is -1.40. The molecule has 6 heteroatoms.